The normalized spacial score (nSPS) is 12.8. The van der Waals surface area contributed by atoms with E-state index in [4.69, 9.17) is 4.74 Å². The first-order chi connectivity index (χ1) is 10.3. The smallest absolute Gasteiger partial charge is 0.412 e. The minimum atomic E-state index is -0.502. The predicted octanol–water partition coefficient (Wildman–Crippen LogP) is 4.15. The van der Waals surface area contributed by atoms with Crippen molar-refractivity contribution in [2.45, 2.75) is 46.3 Å². The van der Waals surface area contributed by atoms with Gasteiger partial charge in [0.05, 0.1) is 6.04 Å². The number of nitrogens with one attached hydrogen (secondary N) is 1. The number of hydrogen-bond acceptors (Lipinski definition) is 3. The third-order valence-electron chi connectivity index (χ3n) is 3.32. The van der Waals surface area contributed by atoms with Crippen LogP contribution in [-0.4, -0.2) is 21.2 Å². The summed E-state index contributed by atoms with van der Waals surface area (Å²) in [6, 6.07) is 7.94. The van der Waals surface area contributed by atoms with Gasteiger partial charge in [-0.25, -0.2) is 9.78 Å². The molecule has 0 bridgehead atoms. The summed E-state index contributed by atoms with van der Waals surface area (Å²) in [5.74, 6) is 0.975. The van der Waals surface area contributed by atoms with Crippen molar-refractivity contribution in [3.63, 3.8) is 0 Å². The fourth-order valence-electron chi connectivity index (χ4n) is 2.22. The van der Waals surface area contributed by atoms with Crippen LogP contribution in [0.25, 0.3) is 0 Å². The summed E-state index contributed by atoms with van der Waals surface area (Å²) >= 11 is 0. The molecule has 1 aromatic heterocycles. The Morgan fingerprint density at radius 3 is 2.41 bits per heavy atom. The van der Waals surface area contributed by atoms with Gasteiger partial charge < -0.3 is 9.30 Å². The van der Waals surface area contributed by atoms with Crippen LogP contribution in [0.15, 0.2) is 36.7 Å². The molecule has 0 saturated carbocycles. The maximum atomic E-state index is 11.7. The van der Waals surface area contributed by atoms with Crippen LogP contribution < -0.4 is 5.32 Å². The molecular weight excluding hydrogens is 278 g/mol. The number of aryl methyl sites for hydroxylation is 1. The number of hydrogen-bond donors (Lipinski definition) is 1. The Bertz CT molecular complexity index is 639. The maximum absolute atomic E-state index is 11.7. The van der Waals surface area contributed by atoms with E-state index in [1.807, 2.05) is 58.2 Å². The molecule has 5 nitrogen and oxygen atoms in total. The molecule has 0 radical (unpaired) electrons. The zero-order chi connectivity index (χ0) is 16.3. The highest BCUT2D eigenvalue weighted by Crippen LogP contribution is 2.21. The first-order valence-electron chi connectivity index (χ1n) is 7.35. The molecule has 1 aromatic carbocycles. The van der Waals surface area contributed by atoms with Gasteiger partial charge in [-0.2, -0.15) is 0 Å². The van der Waals surface area contributed by atoms with Gasteiger partial charge in [0, 0.05) is 18.1 Å². The van der Waals surface area contributed by atoms with Crippen molar-refractivity contribution in [1.29, 1.82) is 0 Å². The van der Waals surface area contributed by atoms with E-state index in [1.54, 1.807) is 6.20 Å². The molecule has 5 heteroatoms. The van der Waals surface area contributed by atoms with Gasteiger partial charge in [-0.15, -0.1) is 0 Å². The van der Waals surface area contributed by atoms with Crippen LogP contribution in [0.4, 0.5) is 10.5 Å². The predicted molar refractivity (Wildman–Crippen MR) is 87.1 cm³/mol. The number of carbonyl (C=O) groups excluding carboxylic acids is 1. The summed E-state index contributed by atoms with van der Waals surface area (Å²) in [6.45, 7) is 9.61. The van der Waals surface area contributed by atoms with Crippen molar-refractivity contribution in [2.24, 2.45) is 0 Å². The van der Waals surface area contributed by atoms with Crippen LogP contribution in [0.2, 0.25) is 0 Å². The third-order valence-corrected chi connectivity index (χ3v) is 3.32. The van der Waals surface area contributed by atoms with Crippen LogP contribution in [0, 0.1) is 6.92 Å². The SMILES string of the molecule is Cc1nccn1[C@H](C)c1ccc(NC(=O)OC(C)(C)C)cc1. The molecule has 2 aromatic rings. The molecular formula is C17H23N3O2. The second-order valence-corrected chi connectivity index (χ2v) is 6.31. The van der Waals surface area contributed by atoms with Crippen molar-refractivity contribution < 1.29 is 9.53 Å². The number of carbonyl (C=O) groups is 1. The number of amides is 1. The summed E-state index contributed by atoms with van der Waals surface area (Å²) < 4.78 is 7.34. The van der Waals surface area contributed by atoms with E-state index < -0.39 is 11.7 Å². The molecule has 0 aliphatic carbocycles. The first kappa shape index (κ1) is 16.1. The van der Waals surface area contributed by atoms with Gasteiger partial charge in [-0.1, -0.05) is 12.1 Å². The summed E-state index contributed by atoms with van der Waals surface area (Å²) in [4.78, 5) is 16.0. The van der Waals surface area contributed by atoms with E-state index in [0.29, 0.717) is 5.69 Å². The van der Waals surface area contributed by atoms with Crippen LogP contribution in [0.3, 0.4) is 0 Å². The Balaban J connectivity index is 2.04. The number of anilines is 1. The molecule has 1 heterocycles. The molecule has 0 spiro atoms. The zero-order valence-electron chi connectivity index (χ0n) is 13.8. The van der Waals surface area contributed by atoms with Crippen LogP contribution in [-0.2, 0) is 4.74 Å². The molecule has 118 valence electrons. The molecule has 1 amide bonds. The highest BCUT2D eigenvalue weighted by atomic mass is 16.6. The zero-order valence-corrected chi connectivity index (χ0v) is 13.8. The molecule has 0 saturated heterocycles. The Kier molecular flexibility index (Phi) is 4.54. The van der Waals surface area contributed by atoms with Gasteiger partial charge in [0.15, 0.2) is 0 Å². The topological polar surface area (TPSA) is 56.2 Å². The van der Waals surface area contributed by atoms with E-state index >= 15 is 0 Å². The third kappa shape index (κ3) is 4.10. The van der Waals surface area contributed by atoms with Crippen molar-refractivity contribution in [1.82, 2.24) is 9.55 Å². The maximum Gasteiger partial charge on any atom is 0.412 e. The van der Waals surface area contributed by atoms with Crippen molar-refractivity contribution in [3.8, 4) is 0 Å². The van der Waals surface area contributed by atoms with Gasteiger partial charge in [0.25, 0.3) is 0 Å². The molecule has 1 N–H and O–H groups in total. The van der Waals surface area contributed by atoms with Gasteiger partial charge in [0.1, 0.15) is 11.4 Å². The van der Waals surface area contributed by atoms with E-state index in [9.17, 15) is 4.79 Å². The average Bonchev–Trinajstić information content (AvgIpc) is 2.83. The largest absolute Gasteiger partial charge is 0.444 e. The number of benzene rings is 1. The van der Waals surface area contributed by atoms with Crippen LogP contribution >= 0.6 is 0 Å². The summed E-state index contributed by atoms with van der Waals surface area (Å²) in [6.07, 6.45) is 3.32. The summed E-state index contributed by atoms with van der Waals surface area (Å²) in [5, 5.41) is 2.73. The lowest BCUT2D eigenvalue weighted by molar-refractivity contribution is 0.0636. The van der Waals surface area contributed by atoms with Gasteiger partial charge in [-0.3, -0.25) is 5.32 Å². The molecule has 0 aliphatic heterocycles. The molecule has 0 fully saturated rings. The lowest BCUT2D eigenvalue weighted by Gasteiger charge is -2.20. The molecule has 22 heavy (non-hydrogen) atoms. The van der Waals surface area contributed by atoms with E-state index in [1.165, 1.54) is 0 Å². The van der Waals surface area contributed by atoms with E-state index in [0.717, 1.165) is 11.4 Å². The summed E-state index contributed by atoms with van der Waals surface area (Å²) in [5.41, 5.74) is 1.36. The fraction of sp³-hybridized carbons (Fsp3) is 0.412. The van der Waals surface area contributed by atoms with E-state index in [2.05, 4.69) is 21.8 Å². The molecule has 1 atom stereocenters. The number of rotatable bonds is 3. The monoisotopic (exact) mass is 301 g/mol. The fourth-order valence-corrected chi connectivity index (χ4v) is 2.22. The molecule has 0 aliphatic rings. The Hall–Kier alpha value is -2.30. The van der Waals surface area contributed by atoms with Crippen molar-refractivity contribution in [2.75, 3.05) is 5.32 Å². The lowest BCUT2D eigenvalue weighted by atomic mass is 10.1. The van der Waals surface area contributed by atoms with Gasteiger partial charge in [-0.05, 0) is 52.3 Å². The lowest BCUT2D eigenvalue weighted by Crippen LogP contribution is -2.27. The van der Waals surface area contributed by atoms with Gasteiger partial charge >= 0.3 is 6.09 Å². The number of aromatic nitrogens is 2. The van der Waals surface area contributed by atoms with Crippen LogP contribution in [0.5, 0.6) is 0 Å². The second-order valence-electron chi connectivity index (χ2n) is 6.31. The Labute approximate surface area is 131 Å². The van der Waals surface area contributed by atoms with E-state index in [-0.39, 0.29) is 6.04 Å². The second kappa shape index (κ2) is 6.22. The van der Waals surface area contributed by atoms with Gasteiger partial charge in [0.2, 0.25) is 0 Å². The van der Waals surface area contributed by atoms with Crippen LogP contribution in [0.1, 0.15) is 45.1 Å². The summed E-state index contributed by atoms with van der Waals surface area (Å²) in [7, 11) is 0. The molecule has 0 unspecified atom stereocenters. The number of imidazole rings is 1. The quantitative estimate of drug-likeness (QED) is 0.926. The Morgan fingerprint density at radius 1 is 1.27 bits per heavy atom. The average molecular weight is 301 g/mol. The number of nitrogens with zero attached hydrogens (tertiary/aromatic N) is 2. The highest BCUT2D eigenvalue weighted by Gasteiger charge is 2.16. The van der Waals surface area contributed by atoms with Crippen molar-refractivity contribution >= 4 is 11.8 Å². The molecule has 2 rings (SSSR count). The minimum absolute atomic E-state index is 0.193. The standard InChI is InChI=1S/C17H23N3O2/c1-12(20-11-10-18-13(20)2)14-6-8-15(9-7-14)19-16(21)22-17(3,4)5/h6-12H,1-5H3,(H,19,21)/t12-/m1/s1. The number of ether oxygens (including phenoxy) is 1. The minimum Gasteiger partial charge on any atom is -0.444 e. The Morgan fingerprint density at radius 2 is 1.91 bits per heavy atom. The first-order valence-corrected chi connectivity index (χ1v) is 7.35. The highest BCUT2D eigenvalue weighted by molar-refractivity contribution is 5.84. The van der Waals surface area contributed by atoms with Crippen molar-refractivity contribution in [3.05, 3.63) is 48.0 Å².